The molecule has 138 valence electrons. The number of nitrogens with one attached hydrogen (secondary N) is 1. The maximum absolute atomic E-state index is 12.4. The minimum atomic E-state index is -4.77. The van der Waals surface area contributed by atoms with Crippen molar-refractivity contribution in [2.45, 2.75) is 25.0 Å². The minimum absolute atomic E-state index is 0.186. The van der Waals surface area contributed by atoms with Crippen LogP contribution in [-0.4, -0.2) is 27.6 Å². The molecule has 1 aromatic carbocycles. The Morgan fingerprint density at radius 2 is 2.04 bits per heavy atom. The normalized spacial score (nSPS) is 16.7. The zero-order valence-corrected chi connectivity index (χ0v) is 14.4. The number of rotatable bonds is 3. The van der Waals surface area contributed by atoms with Gasteiger partial charge in [0.05, 0.1) is 5.92 Å². The van der Waals surface area contributed by atoms with Gasteiger partial charge in [0.1, 0.15) is 5.75 Å². The highest BCUT2D eigenvalue weighted by Gasteiger charge is 2.31. The van der Waals surface area contributed by atoms with Gasteiger partial charge in [0.2, 0.25) is 5.91 Å². The van der Waals surface area contributed by atoms with Crippen molar-refractivity contribution in [2.75, 3.05) is 11.1 Å². The van der Waals surface area contributed by atoms with E-state index in [1.165, 1.54) is 34.7 Å². The fourth-order valence-electron chi connectivity index (χ4n) is 2.44. The molecule has 6 nitrogen and oxygen atoms in total. The second kappa shape index (κ2) is 7.02. The van der Waals surface area contributed by atoms with Gasteiger partial charge in [0, 0.05) is 29.7 Å². The zero-order chi connectivity index (χ0) is 18.9. The first-order valence-electron chi connectivity index (χ1n) is 7.59. The summed E-state index contributed by atoms with van der Waals surface area (Å²) in [7, 11) is 0. The Bertz CT molecular complexity index is 881. The van der Waals surface area contributed by atoms with Crippen molar-refractivity contribution in [2.24, 2.45) is 5.92 Å². The Labute approximate surface area is 150 Å². The number of benzene rings is 1. The number of amides is 1. The number of carbonyl (C=O) groups excluding carboxylic acids is 1. The molecule has 1 atom stereocenters. The number of anilines is 1. The molecule has 0 saturated carbocycles. The Morgan fingerprint density at radius 3 is 2.69 bits per heavy atom. The first-order chi connectivity index (χ1) is 12.2. The molecule has 0 bridgehead atoms. The van der Waals surface area contributed by atoms with Gasteiger partial charge in [0.15, 0.2) is 5.16 Å². The molecule has 1 aliphatic heterocycles. The fourth-order valence-corrected chi connectivity index (χ4v) is 3.49. The molecule has 0 spiro atoms. The number of ether oxygens (including phenoxy) is 1. The number of alkyl halides is 3. The van der Waals surface area contributed by atoms with E-state index in [4.69, 9.17) is 0 Å². The largest absolute Gasteiger partial charge is 0.573 e. The van der Waals surface area contributed by atoms with Crippen molar-refractivity contribution in [3.05, 3.63) is 46.4 Å². The molecule has 3 rings (SSSR count). The summed E-state index contributed by atoms with van der Waals surface area (Å²) >= 11 is 1.31. The lowest BCUT2D eigenvalue weighted by molar-refractivity contribution is -0.274. The van der Waals surface area contributed by atoms with Crippen LogP contribution < -0.4 is 15.6 Å². The predicted molar refractivity (Wildman–Crippen MR) is 89.2 cm³/mol. The van der Waals surface area contributed by atoms with Crippen LogP contribution in [-0.2, 0) is 11.3 Å². The number of fused-ring (bicyclic) bond motifs is 1. The third-order valence-corrected chi connectivity index (χ3v) is 4.88. The first-order valence-corrected chi connectivity index (χ1v) is 8.57. The van der Waals surface area contributed by atoms with Crippen LogP contribution in [0.15, 0.2) is 40.4 Å². The summed E-state index contributed by atoms with van der Waals surface area (Å²) in [5.41, 5.74) is 0.652. The smallest absolute Gasteiger partial charge is 0.406 e. The molecule has 10 heteroatoms. The second-order valence-corrected chi connectivity index (χ2v) is 6.70. The highest BCUT2D eigenvalue weighted by molar-refractivity contribution is 7.99. The first kappa shape index (κ1) is 18.3. The molecule has 0 unspecified atom stereocenters. The zero-order valence-electron chi connectivity index (χ0n) is 13.5. The molecular weight excluding hydrogens is 371 g/mol. The molecule has 2 heterocycles. The van der Waals surface area contributed by atoms with Crippen LogP contribution in [0.4, 0.5) is 18.9 Å². The fraction of sp³-hybridized carbons (Fsp3) is 0.312. The van der Waals surface area contributed by atoms with Gasteiger partial charge in [-0.2, -0.15) is 0 Å². The summed E-state index contributed by atoms with van der Waals surface area (Å²) < 4.78 is 41.7. The lowest BCUT2D eigenvalue weighted by Crippen LogP contribution is -2.37. The van der Waals surface area contributed by atoms with Crippen molar-refractivity contribution in [1.29, 1.82) is 0 Å². The number of aromatic nitrogens is 2. The number of carbonyl (C=O) groups is 1. The molecule has 0 radical (unpaired) electrons. The molecule has 26 heavy (non-hydrogen) atoms. The number of thioether (sulfide) groups is 1. The van der Waals surface area contributed by atoms with Crippen molar-refractivity contribution >= 4 is 23.4 Å². The molecule has 1 amide bonds. The monoisotopic (exact) mass is 385 g/mol. The van der Waals surface area contributed by atoms with Gasteiger partial charge in [-0.25, -0.2) is 4.98 Å². The summed E-state index contributed by atoms with van der Waals surface area (Å²) in [5, 5.41) is 3.21. The molecular formula is C16H14F3N3O3S. The van der Waals surface area contributed by atoms with E-state index in [9.17, 15) is 22.8 Å². The average Bonchev–Trinajstić information content (AvgIpc) is 2.58. The van der Waals surface area contributed by atoms with Crippen molar-refractivity contribution in [1.82, 2.24) is 9.55 Å². The van der Waals surface area contributed by atoms with Crippen molar-refractivity contribution in [3.63, 3.8) is 0 Å². The Morgan fingerprint density at radius 1 is 1.35 bits per heavy atom. The van der Waals surface area contributed by atoms with E-state index >= 15 is 0 Å². The standard InChI is InChI=1S/C16H14F3N3O3S/c1-9-6-20-15-22(14(9)24)7-10(8-26-15)13(23)21-11-2-4-12(5-3-11)25-16(17,18)19/h2-6,10H,7-8H2,1H3,(H,21,23)/t10-/m0/s1. The van der Waals surface area contributed by atoms with Gasteiger partial charge in [-0.3, -0.25) is 14.2 Å². The highest BCUT2D eigenvalue weighted by atomic mass is 32.2. The summed E-state index contributed by atoms with van der Waals surface area (Å²) in [6, 6.07) is 4.87. The number of aryl methyl sites for hydroxylation is 1. The van der Waals surface area contributed by atoms with Gasteiger partial charge >= 0.3 is 6.36 Å². The van der Waals surface area contributed by atoms with Crippen LogP contribution in [0.3, 0.4) is 0 Å². The van der Waals surface area contributed by atoms with E-state index in [0.717, 1.165) is 12.1 Å². The van der Waals surface area contributed by atoms with E-state index in [-0.39, 0.29) is 23.8 Å². The molecule has 0 aliphatic carbocycles. The molecule has 1 aromatic heterocycles. The van der Waals surface area contributed by atoms with Crippen LogP contribution in [0, 0.1) is 12.8 Å². The van der Waals surface area contributed by atoms with E-state index in [1.807, 2.05) is 0 Å². The predicted octanol–water partition coefficient (Wildman–Crippen LogP) is 2.81. The van der Waals surface area contributed by atoms with Crippen LogP contribution in [0.1, 0.15) is 5.56 Å². The van der Waals surface area contributed by atoms with Crippen LogP contribution in [0.2, 0.25) is 0 Å². The van der Waals surface area contributed by atoms with Crippen LogP contribution in [0.5, 0.6) is 5.75 Å². The van der Waals surface area contributed by atoms with Gasteiger partial charge in [-0.15, -0.1) is 13.2 Å². The second-order valence-electron chi connectivity index (χ2n) is 5.71. The Balaban J connectivity index is 1.67. The molecule has 2 aromatic rings. The topological polar surface area (TPSA) is 73.2 Å². The maximum Gasteiger partial charge on any atom is 0.573 e. The van der Waals surface area contributed by atoms with Crippen molar-refractivity contribution in [3.8, 4) is 5.75 Å². The lowest BCUT2D eigenvalue weighted by Gasteiger charge is -2.24. The number of hydrogen-bond donors (Lipinski definition) is 1. The van der Waals surface area contributed by atoms with Crippen LogP contribution >= 0.6 is 11.8 Å². The summed E-state index contributed by atoms with van der Waals surface area (Å²) in [5.74, 6) is -0.692. The van der Waals surface area contributed by atoms with Gasteiger partial charge < -0.3 is 10.1 Å². The number of nitrogens with zero attached hydrogens (tertiary/aromatic N) is 2. The third kappa shape index (κ3) is 4.18. The molecule has 0 fully saturated rings. The van der Waals surface area contributed by atoms with E-state index in [1.54, 1.807) is 6.92 Å². The SMILES string of the molecule is Cc1cnc2n(c1=O)C[C@H](C(=O)Nc1ccc(OC(F)(F)F)cc1)CS2. The maximum atomic E-state index is 12.4. The molecule has 1 N–H and O–H groups in total. The van der Waals surface area contributed by atoms with Crippen LogP contribution in [0.25, 0.3) is 0 Å². The van der Waals surface area contributed by atoms with E-state index in [2.05, 4.69) is 15.0 Å². The molecule has 0 saturated heterocycles. The van der Waals surface area contributed by atoms with Crippen molar-refractivity contribution < 1.29 is 22.7 Å². The number of halogens is 3. The highest BCUT2D eigenvalue weighted by Crippen LogP contribution is 2.27. The van der Waals surface area contributed by atoms with E-state index < -0.39 is 12.3 Å². The quantitative estimate of drug-likeness (QED) is 0.823. The summed E-state index contributed by atoms with van der Waals surface area (Å²) in [6.45, 7) is 1.86. The average molecular weight is 385 g/mol. The summed E-state index contributed by atoms with van der Waals surface area (Å²) in [6.07, 6.45) is -3.26. The third-order valence-electron chi connectivity index (χ3n) is 3.72. The Kier molecular flexibility index (Phi) is 4.94. The van der Waals surface area contributed by atoms with Gasteiger partial charge in [-0.05, 0) is 31.2 Å². The van der Waals surface area contributed by atoms with E-state index in [0.29, 0.717) is 22.2 Å². The molecule has 1 aliphatic rings. The van der Waals surface area contributed by atoms with Gasteiger partial charge in [-0.1, -0.05) is 11.8 Å². The number of hydrogen-bond acceptors (Lipinski definition) is 5. The minimum Gasteiger partial charge on any atom is -0.406 e. The Hall–Kier alpha value is -2.49. The lowest BCUT2D eigenvalue weighted by atomic mass is 10.1. The van der Waals surface area contributed by atoms with Gasteiger partial charge in [0.25, 0.3) is 5.56 Å². The summed E-state index contributed by atoms with van der Waals surface area (Å²) in [4.78, 5) is 28.8.